The molecule has 2 heteroatoms. The van der Waals surface area contributed by atoms with Gasteiger partial charge in [0.25, 0.3) is 0 Å². The second kappa shape index (κ2) is 4.84. The van der Waals surface area contributed by atoms with Gasteiger partial charge in [-0.05, 0) is 0 Å². The number of nitrogens with two attached hydrogens (primary N) is 1. The van der Waals surface area contributed by atoms with Gasteiger partial charge < -0.3 is 0 Å². The summed E-state index contributed by atoms with van der Waals surface area (Å²) in [6.07, 6.45) is 1.23. The molecule has 0 bridgehead atoms. The fraction of sp³-hybridized carbons (Fsp3) is 1.00. The Morgan fingerprint density at radius 1 is 1.71 bits per heavy atom. The molecule has 46 valence electrons. The Balaban J connectivity index is 2.83. The second-order valence-corrected chi connectivity index (χ2v) is 4.95. The first-order chi connectivity index (χ1) is 3.31. The molecule has 0 heterocycles. The second-order valence-electron chi connectivity index (χ2n) is 1.58. The summed E-state index contributed by atoms with van der Waals surface area (Å²) in [5.74, 6) is 0. The standard InChI is InChI=1S/C5H13IN/c1-5(6-2)3-4-7/h5H,3-4,7H2,1-2H3/q-1. The Morgan fingerprint density at radius 3 is 2.43 bits per heavy atom. The Hall–Kier alpha value is 0.690. The van der Waals surface area contributed by atoms with E-state index in [9.17, 15) is 0 Å². The van der Waals surface area contributed by atoms with Gasteiger partial charge in [-0.1, -0.05) is 0 Å². The quantitative estimate of drug-likeness (QED) is 0.406. The van der Waals surface area contributed by atoms with E-state index in [0.29, 0.717) is 21.2 Å². The fourth-order valence-electron chi connectivity index (χ4n) is 0.339. The van der Waals surface area contributed by atoms with Crippen LogP contribution in [0.4, 0.5) is 0 Å². The van der Waals surface area contributed by atoms with Gasteiger partial charge in [0.2, 0.25) is 0 Å². The minimum atomic E-state index is 0.458. The number of alkyl halides is 2. The van der Waals surface area contributed by atoms with Gasteiger partial charge in [0.1, 0.15) is 0 Å². The summed E-state index contributed by atoms with van der Waals surface area (Å²) in [6.45, 7) is 3.15. The van der Waals surface area contributed by atoms with E-state index in [2.05, 4.69) is 11.9 Å². The van der Waals surface area contributed by atoms with Crippen molar-refractivity contribution in [1.29, 1.82) is 0 Å². The van der Waals surface area contributed by atoms with Crippen molar-refractivity contribution < 1.29 is 21.2 Å². The molecule has 0 aliphatic rings. The van der Waals surface area contributed by atoms with Crippen LogP contribution in [0.25, 0.3) is 0 Å². The first-order valence-electron chi connectivity index (χ1n) is 2.49. The summed E-state index contributed by atoms with van der Waals surface area (Å²) >= 11 is 0.458. The molecule has 0 radical (unpaired) electrons. The SMILES string of the molecule is C[I-]C(C)CCN. The average molecular weight is 214 g/mol. The molecule has 7 heavy (non-hydrogen) atoms. The molecule has 1 nitrogen and oxygen atoms in total. The van der Waals surface area contributed by atoms with Gasteiger partial charge in [-0.25, -0.2) is 0 Å². The Labute approximate surface area is 55.9 Å². The molecule has 0 aromatic rings. The molecule has 0 aromatic heterocycles. The number of hydrogen-bond acceptors (Lipinski definition) is 1. The zero-order chi connectivity index (χ0) is 5.70. The van der Waals surface area contributed by atoms with Crippen LogP contribution in [0, 0.1) is 0 Å². The van der Waals surface area contributed by atoms with Gasteiger partial charge in [-0.3, -0.25) is 0 Å². The summed E-state index contributed by atoms with van der Waals surface area (Å²) in [6, 6.07) is 0. The summed E-state index contributed by atoms with van der Waals surface area (Å²) < 4.78 is 0.934. The van der Waals surface area contributed by atoms with E-state index in [-0.39, 0.29) is 0 Å². The van der Waals surface area contributed by atoms with Gasteiger partial charge in [-0.2, -0.15) is 0 Å². The van der Waals surface area contributed by atoms with Crippen molar-refractivity contribution in [1.82, 2.24) is 0 Å². The number of hydrogen-bond donors (Lipinski definition) is 1. The first-order valence-corrected chi connectivity index (χ1v) is 5.89. The molecule has 0 spiro atoms. The zero-order valence-corrected chi connectivity index (χ0v) is 7.10. The summed E-state index contributed by atoms with van der Waals surface area (Å²) in [4.78, 5) is 2.30. The third-order valence-electron chi connectivity index (χ3n) is 0.937. The molecule has 1 atom stereocenters. The van der Waals surface area contributed by atoms with E-state index in [1.807, 2.05) is 0 Å². The van der Waals surface area contributed by atoms with Crippen LogP contribution in [-0.2, 0) is 0 Å². The number of rotatable bonds is 3. The molecule has 0 saturated carbocycles. The Bertz CT molecular complexity index is 39.1. The molecule has 0 amide bonds. The minimum absolute atomic E-state index is 0.458. The third kappa shape index (κ3) is 4.55. The van der Waals surface area contributed by atoms with Gasteiger partial charge in [-0.15, -0.1) is 0 Å². The number of halogens is 1. The van der Waals surface area contributed by atoms with E-state index in [1.54, 1.807) is 0 Å². The van der Waals surface area contributed by atoms with Gasteiger partial charge >= 0.3 is 55.7 Å². The van der Waals surface area contributed by atoms with Crippen molar-refractivity contribution in [3.63, 3.8) is 0 Å². The van der Waals surface area contributed by atoms with Crippen LogP contribution < -0.4 is 26.9 Å². The van der Waals surface area contributed by atoms with E-state index >= 15 is 0 Å². The Morgan fingerprint density at radius 2 is 2.29 bits per heavy atom. The van der Waals surface area contributed by atoms with Crippen molar-refractivity contribution in [3.05, 3.63) is 0 Å². The molecule has 0 saturated heterocycles. The van der Waals surface area contributed by atoms with Gasteiger partial charge in [0.05, 0.1) is 0 Å². The predicted molar refractivity (Wildman–Crippen MR) is 29.1 cm³/mol. The van der Waals surface area contributed by atoms with Crippen molar-refractivity contribution >= 4 is 0 Å². The van der Waals surface area contributed by atoms with E-state index in [0.717, 1.165) is 10.5 Å². The molecule has 0 fully saturated rings. The van der Waals surface area contributed by atoms with E-state index < -0.39 is 0 Å². The Kier molecular flexibility index (Phi) is 5.32. The van der Waals surface area contributed by atoms with Crippen LogP contribution in [0.2, 0.25) is 0 Å². The molecule has 0 aliphatic carbocycles. The maximum absolute atomic E-state index is 5.32. The maximum atomic E-state index is 5.32. The fourth-order valence-corrected chi connectivity index (χ4v) is 1.32. The van der Waals surface area contributed by atoms with Crippen molar-refractivity contribution in [2.24, 2.45) is 5.73 Å². The normalized spacial score (nSPS) is 14.7. The van der Waals surface area contributed by atoms with Gasteiger partial charge in [0.15, 0.2) is 0 Å². The van der Waals surface area contributed by atoms with Crippen molar-refractivity contribution in [3.8, 4) is 0 Å². The summed E-state index contributed by atoms with van der Waals surface area (Å²) in [5.41, 5.74) is 5.32. The van der Waals surface area contributed by atoms with Crippen LogP contribution in [-0.4, -0.2) is 15.4 Å². The van der Waals surface area contributed by atoms with Gasteiger partial charge in [0, 0.05) is 0 Å². The van der Waals surface area contributed by atoms with Crippen molar-refractivity contribution in [2.45, 2.75) is 17.3 Å². The molecule has 2 N–H and O–H groups in total. The molecular formula is C5H13IN-. The average Bonchev–Trinajstić information content (AvgIpc) is 1.68. The van der Waals surface area contributed by atoms with Crippen LogP contribution in [0.5, 0.6) is 0 Å². The summed E-state index contributed by atoms with van der Waals surface area (Å²) in [7, 11) is 0. The molecule has 0 aliphatic heterocycles. The van der Waals surface area contributed by atoms with Crippen LogP contribution in [0.15, 0.2) is 0 Å². The van der Waals surface area contributed by atoms with Crippen LogP contribution in [0.3, 0.4) is 0 Å². The topological polar surface area (TPSA) is 26.0 Å². The molecule has 0 rings (SSSR count). The van der Waals surface area contributed by atoms with Crippen LogP contribution >= 0.6 is 0 Å². The predicted octanol–water partition coefficient (Wildman–Crippen LogP) is -2.56. The van der Waals surface area contributed by atoms with E-state index in [4.69, 9.17) is 5.73 Å². The van der Waals surface area contributed by atoms with Crippen LogP contribution in [0.1, 0.15) is 13.3 Å². The van der Waals surface area contributed by atoms with Crippen molar-refractivity contribution in [2.75, 3.05) is 11.5 Å². The van der Waals surface area contributed by atoms with E-state index in [1.165, 1.54) is 6.42 Å². The molecule has 0 aromatic carbocycles. The zero-order valence-electron chi connectivity index (χ0n) is 4.95. The molecular weight excluding hydrogens is 201 g/mol. The molecule has 1 unspecified atom stereocenters. The summed E-state index contributed by atoms with van der Waals surface area (Å²) in [5, 5.41) is 0. The first kappa shape index (κ1) is 7.69. The third-order valence-corrected chi connectivity index (χ3v) is 3.69. The monoisotopic (exact) mass is 214 g/mol.